The number of benzene rings is 7. The van der Waals surface area contributed by atoms with Gasteiger partial charge in [0.05, 0.1) is 27.5 Å². The molecule has 12 aromatic rings. The monoisotopic (exact) mass is 726 g/mol. The minimum absolute atomic E-state index is 0.649. The first kappa shape index (κ1) is 31.4. The van der Waals surface area contributed by atoms with Crippen LogP contribution in [0.15, 0.2) is 186 Å². The molecule has 8 aromatic carbocycles. The molecule has 4 aromatic heterocycles. The minimum atomic E-state index is 0.649. The van der Waals surface area contributed by atoms with E-state index in [1.165, 1.54) is 10.8 Å². The lowest BCUT2D eigenvalue weighted by atomic mass is 9.97. The molecule has 5 nitrogen and oxygen atoms in total. The number of rotatable bonds is 5. The summed E-state index contributed by atoms with van der Waals surface area (Å²) in [6.07, 6.45) is 0. The highest BCUT2D eigenvalue weighted by Crippen LogP contribution is 2.42. The molecule has 57 heavy (non-hydrogen) atoms. The number of para-hydroxylation sites is 3. The van der Waals surface area contributed by atoms with Gasteiger partial charge in [-0.25, -0.2) is 9.97 Å². The highest BCUT2D eigenvalue weighted by Gasteiger charge is 2.21. The van der Waals surface area contributed by atoms with E-state index in [-0.39, 0.29) is 0 Å². The quantitative estimate of drug-likeness (QED) is 0.177. The Morgan fingerprint density at radius 2 is 1.18 bits per heavy atom. The number of hydrogen-bond acceptors (Lipinski definition) is 3. The standard InChI is InChI=1S/C52H30N4O/c1-3-15-33(16-4-1)49-51-50(41-23-9-12-28-47(41)57-51)54-52(53-49)35-18-13-17-34(31-35)38-24-14-27-46-48(38)42-32-37(29-30-45(42)55(46)36-19-5-2-6-20-36)56-43-25-10-7-21-39(43)40-22-8-11-26-44(40)56/h1-7,9-21,23-32H. The maximum absolute atomic E-state index is 6.40. The molecule has 4 heterocycles. The van der Waals surface area contributed by atoms with Crippen molar-refractivity contribution in [1.82, 2.24) is 19.1 Å². The van der Waals surface area contributed by atoms with E-state index in [0.717, 1.165) is 88.6 Å². The van der Waals surface area contributed by atoms with Crippen LogP contribution in [0.1, 0.15) is 0 Å². The molecule has 0 aliphatic heterocycles. The molecule has 0 saturated heterocycles. The average Bonchev–Trinajstić information content (AvgIpc) is 3.94. The summed E-state index contributed by atoms with van der Waals surface area (Å²) in [5.41, 5.74) is 13.9. The summed E-state index contributed by atoms with van der Waals surface area (Å²) in [5.74, 6) is 0.649. The van der Waals surface area contributed by atoms with Crippen LogP contribution in [0.4, 0.5) is 0 Å². The summed E-state index contributed by atoms with van der Waals surface area (Å²) in [6, 6.07) is 70.2. The van der Waals surface area contributed by atoms with Crippen LogP contribution in [-0.4, -0.2) is 19.1 Å². The van der Waals surface area contributed by atoms with Gasteiger partial charge in [-0.2, -0.15) is 0 Å². The van der Waals surface area contributed by atoms with E-state index < -0.39 is 0 Å². The lowest BCUT2D eigenvalue weighted by Gasteiger charge is -2.10. The van der Waals surface area contributed by atoms with E-state index in [4.69, 9.17) is 14.4 Å². The fourth-order valence-corrected chi connectivity index (χ4v) is 8.69. The Hall–Kier alpha value is -7.94. The van der Waals surface area contributed by atoms with E-state index in [9.17, 15) is 0 Å². The van der Waals surface area contributed by atoms with Gasteiger partial charge in [-0.15, -0.1) is 0 Å². The van der Waals surface area contributed by atoms with Crippen molar-refractivity contribution in [3.63, 3.8) is 0 Å². The van der Waals surface area contributed by atoms with Crippen LogP contribution < -0.4 is 0 Å². The molecule has 0 bridgehead atoms. The van der Waals surface area contributed by atoms with Gasteiger partial charge in [0.2, 0.25) is 0 Å². The molecule has 264 valence electrons. The van der Waals surface area contributed by atoms with Crippen molar-refractivity contribution in [3.8, 4) is 45.1 Å². The Morgan fingerprint density at radius 1 is 0.474 bits per heavy atom. The predicted molar refractivity (Wildman–Crippen MR) is 232 cm³/mol. The second-order valence-electron chi connectivity index (χ2n) is 14.4. The fourth-order valence-electron chi connectivity index (χ4n) is 8.69. The van der Waals surface area contributed by atoms with Gasteiger partial charge in [0, 0.05) is 44.0 Å². The van der Waals surface area contributed by atoms with Gasteiger partial charge in [-0.3, -0.25) is 0 Å². The zero-order valence-corrected chi connectivity index (χ0v) is 30.5. The van der Waals surface area contributed by atoms with Crippen LogP contribution in [-0.2, 0) is 0 Å². The Balaban J connectivity index is 1.11. The van der Waals surface area contributed by atoms with Crippen LogP contribution in [0.3, 0.4) is 0 Å². The van der Waals surface area contributed by atoms with Gasteiger partial charge in [0.1, 0.15) is 16.8 Å². The molecule has 0 N–H and O–H groups in total. The second kappa shape index (κ2) is 12.3. The van der Waals surface area contributed by atoms with Crippen molar-refractivity contribution in [2.24, 2.45) is 0 Å². The van der Waals surface area contributed by atoms with Crippen molar-refractivity contribution in [2.45, 2.75) is 0 Å². The minimum Gasteiger partial charge on any atom is -0.452 e. The molecule has 0 fully saturated rings. The van der Waals surface area contributed by atoms with Crippen molar-refractivity contribution < 1.29 is 4.42 Å². The Morgan fingerprint density at radius 3 is 2.07 bits per heavy atom. The molecule has 0 atom stereocenters. The highest BCUT2D eigenvalue weighted by molar-refractivity contribution is 6.17. The Kier molecular flexibility index (Phi) is 6.77. The molecule has 5 heteroatoms. The summed E-state index contributed by atoms with van der Waals surface area (Å²) in [7, 11) is 0. The molecule has 0 aliphatic rings. The molecule has 12 rings (SSSR count). The first-order valence-corrected chi connectivity index (χ1v) is 19.1. The smallest absolute Gasteiger partial charge is 0.180 e. The first-order chi connectivity index (χ1) is 28.3. The van der Waals surface area contributed by atoms with E-state index in [0.29, 0.717) is 11.4 Å². The zero-order chi connectivity index (χ0) is 37.5. The number of nitrogens with zero attached hydrogens (tertiary/aromatic N) is 4. The largest absolute Gasteiger partial charge is 0.452 e. The van der Waals surface area contributed by atoms with Crippen LogP contribution in [0.2, 0.25) is 0 Å². The predicted octanol–water partition coefficient (Wildman–Crippen LogP) is 13.2. The van der Waals surface area contributed by atoms with Crippen LogP contribution in [0, 0.1) is 12.1 Å². The van der Waals surface area contributed by atoms with Crippen molar-refractivity contribution in [1.29, 1.82) is 0 Å². The summed E-state index contributed by atoms with van der Waals surface area (Å²) >= 11 is 0. The van der Waals surface area contributed by atoms with Gasteiger partial charge in [-0.05, 0) is 83.9 Å². The zero-order valence-electron chi connectivity index (χ0n) is 30.5. The molecule has 0 amide bonds. The lowest BCUT2D eigenvalue weighted by Crippen LogP contribution is -1.95. The number of hydrogen-bond donors (Lipinski definition) is 0. The van der Waals surface area contributed by atoms with E-state index in [1.54, 1.807) is 0 Å². The van der Waals surface area contributed by atoms with Crippen LogP contribution in [0.25, 0.3) is 111 Å². The Labute approximate surface area is 327 Å². The summed E-state index contributed by atoms with van der Waals surface area (Å²) in [4.78, 5) is 10.4. The van der Waals surface area contributed by atoms with Gasteiger partial charge in [0.25, 0.3) is 0 Å². The third kappa shape index (κ3) is 4.78. The van der Waals surface area contributed by atoms with Crippen molar-refractivity contribution in [2.75, 3.05) is 0 Å². The topological polar surface area (TPSA) is 48.8 Å². The SMILES string of the molecule is c1ccc2c(c#1)c1ccccc1n2-c1ccc2c(c1)c1c(-c3cccc(-c4nc(-c5ccccc5)c5oc6ccccc6c5n4)c3)cccc1n2-c1ccccc1. The van der Waals surface area contributed by atoms with Gasteiger partial charge < -0.3 is 13.6 Å². The average molecular weight is 727 g/mol. The van der Waals surface area contributed by atoms with E-state index in [2.05, 4.69) is 161 Å². The maximum Gasteiger partial charge on any atom is 0.180 e. The van der Waals surface area contributed by atoms with Crippen LogP contribution in [0.5, 0.6) is 0 Å². The van der Waals surface area contributed by atoms with Gasteiger partial charge in [-0.1, -0.05) is 121 Å². The number of furan rings is 1. The number of fused-ring (bicyclic) bond motifs is 9. The molecular weight excluding hydrogens is 697 g/mol. The van der Waals surface area contributed by atoms with Gasteiger partial charge >= 0.3 is 0 Å². The summed E-state index contributed by atoms with van der Waals surface area (Å²) < 4.78 is 11.1. The molecule has 0 radical (unpaired) electrons. The second-order valence-corrected chi connectivity index (χ2v) is 14.4. The summed E-state index contributed by atoms with van der Waals surface area (Å²) in [5, 5.41) is 5.54. The van der Waals surface area contributed by atoms with Crippen LogP contribution >= 0.6 is 0 Å². The normalized spacial score (nSPS) is 11.7. The molecule has 0 aliphatic carbocycles. The number of aromatic nitrogens is 4. The molecular formula is C52H30N4O. The molecule has 0 unspecified atom stereocenters. The maximum atomic E-state index is 6.40. The Bertz CT molecular complexity index is 3470. The van der Waals surface area contributed by atoms with Crippen molar-refractivity contribution in [3.05, 3.63) is 194 Å². The third-order valence-electron chi connectivity index (χ3n) is 11.2. The van der Waals surface area contributed by atoms with Crippen molar-refractivity contribution >= 4 is 65.7 Å². The first-order valence-electron chi connectivity index (χ1n) is 19.1. The lowest BCUT2D eigenvalue weighted by molar-refractivity contribution is 0.667. The summed E-state index contributed by atoms with van der Waals surface area (Å²) in [6.45, 7) is 0. The third-order valence-corrected chi connectivity index (χ3v) is 11.2. The van der Waals surface area contributed by atoms with E-state index >= 15 is 0 Å². The molecule has 0 saturated carbocycles. The molecule has 0 spiro atoms. The fraction of sp³-hybridized carbons (Fsp3) is 0. The van der Waals surface area contributed by atoms with Gasteiger partial charge in [0.15, 0.2) is 11.4 Å². The van der Waals surface area contributed by atoms with E-state index in [1.807, 2.05) is 42.5 Å². The highest BCUT2D eigenvalue weighted by atomic mass is 16.3.